The fourth-order valence-corrected chi connectivity index (χ4v) is 2.08. The number of nitriles is 1. The molecule has 98 valence electrons. The minimum atomic E-state index is 0.308. The minimum absolute atomic E-state index is 0.308. The molecule has 5 heteroatoms. The number of anilines is 1. The van der Waals surface area contributed by atoms with Gasteiger partial charge < -0.3 is 9.73 Å². The van der Waals surface area contributed by atoms with Crippen LogP contribution in [0.3, 0.4) is 0 Å². The SMILES string of the molecule is N#Cc1nnc2ccccc2c1NCCc1ccco1. The van der Waals surface area contributed by atoms with Crippen LogP contribution in [0.4, 0.5) is 5.69 Å². The van der Waals surface area contributed by atoms with Gasteiger partial charge >= 0.3 is 0 Å². The first-order valence-corrected chi connectivity index (χ1v) is 6.30. The fraction of sp³-hybridized carbons (Fsp3) is 0.133. The summed E-state index contributed by atoms with van der Waals surface area (Å²) in [4.78, 5) is 0. The molecule has 0 unspecified atom stereocenters. The molecular weight excluding hydrogens is 252 g/mol. The quantitative estimate of drug-likeness (QED) is 0.784. The van der Waals surface area contributed by atoms with E-state index in [1.54, 1.807) is 6.26 Å². The van der Waals surface area contributed by atoms with Gasteiger partial charge in [-0.25, -0.2) is 0 Å². The Morgan fingerprint density at radius 2 is 2.05 bits per heavy atom. The third-order valence-electron chi connectivity index (χ3n) is 3.03. The zero-order valence-corrected chi connectivity index (χ0v) is 10.7. The standard InChI is InChI=1S/C15H12N4O/c16-10-14-15(17-8-7-11-4-3-9-20-11)12-5-1-2-6-13(12)18-19-14/h1-6,9H,7-8H2,(H,17,18). The number of rotatable bonds is 4. The van der Waals surface area contributed by atoms with Gasteiger partial charge in [-0.05, 0) is 18.2 Å². The summed E-state index contributed by atoms with van der Waals surface area (Å²) in [6.45, 7) is 0.665. The van der Waals surface area contributed by atoms with Crippen LogP contribution < -0.4 is 5.32 Å². The summed E-state index contributed by atoms with van der Waals surface area (Å²) >= 11 is 0. The van der Waals surface area contributed by atoms with E-state index in [1.165, 1.54) is 0 Å². The summed E-state index contributed by atoms with van der Waals surface area (Å²) in [7, 11) is 0. The third-order valence-corrected chi connectivity index (χ3v) is 3.03. The van der Waals surface area contributed by atoms with E-state index in [0.717, 1.165) is 28.8 Å². The van der Waals surface area contributed by atoms with E-state index in [1.807, 2.05) is 36.4 Å². The zero-order valence-electron chi connectivity index (χ0n) is 10.7. The highest BCUT2D eigenvalue weighted by Crippen LogP contribution is 2.23. The molecule has 0 fully saturated rings. The molecule has 3 aromatic rings. The predicted octanol–water partition coefficient (Wildman–Crippen LogP) is 2.75. The van der Waals surface area contributed by atoms with Crippen LogP contribution in [-0.2, 0) is 6.42 Å². The molecule has 0 radical (unpaired) electrons. The maximum atomic E-state index is 9.15. The lowest BCUT2D eigenvalue weighted by atomic mass is 10.1. The Bertz CT molecular complexity index is 759. The molecule has 5 nitrogen and oxygen atoms in total. The van der Waals surface area contributed by atoms with Crippen LogP contribution in [0, 0.1) is 11.3 Å². The van der Waals surface area contributed by atoms with Crippen molar-refractivity contribution in [2.75, 3.05) is 11.9 Å². The summed E-state index contributed by atoms with van der Waals surface area (Å²) in [5.74, 6) is 0.905. The van der Waals surface area contributed by atoms with Gasteiger partial charge in [0.2, 0.25) is 0 Å². The molecule has 0 atom stereocenters. The number of benzene rings is 1. The summed E-state index contributed by atoms with van der Waals surface area (Å²) in [5.41, 5.74) is 1.81. The molecule has 0 saturated carbocycles. The number of nitrogens with one attached hydrogen (secondary N) is 1. The zero-order chi connectivity index (χ0) is 13.8. The summed E-state index contributed by atoms with van der Waals surface area (Å²) in [5, 5.41) is 21.3. The van der Waals surface area contributed by atoms with Gasteiger partial charge in [0.05, 0.1) is 17.5 Å². The largest absolute Gasteiger partial charge is 0.469 e. The Morgan fingerprint density at radius 3 is 2.85 bits per heavy atom. The normalized spacial score (nSPS) is 10.3. The molecule has 0 spiro atoms. The van der Waals surface area contributed by atoms with E-state index >= 15 is 0 Å². The van der Waals surface area contributed by atoms with Crippen molar-refractivity contribution >= 4 is 16.6 Å². The molecule has 0 aliphatic rings. The van der Waals surface area contributed by atoms with Crippen LogP contribution >= 0.6 is 0 Å². The van der Waals surface area contributed by atoms with Crippen LogP contribution in [0.15, 0.2) is 47.1 Å². The van der Waals surface area contributed by atoms with Crippen LogP contribution in [0.1, 0.15) is 11.5 Å². The van der Waals surface area contributed by atoms with E-state index < -0.39 is 0 Å². The molecule has 2 aromatic heterocycles. The molecule has 0 aliphatic heterocycles. The van der Waals surface area contributed by atoms with E-state index in [-0.39, 0.29) is 0 Å². The lowest BCUT2D eigenvalue weighted by Crippen LogP contribution is -2.08. The van der Waals surface area contributed by atoms with Gasteiger partial charge in [0.1, 0.15) is 11.8 Å². The third kappa shape index (κ3) is 2.31. The van der Waals surface area contributed by atoms with E-state index in [0.29, 0.717) is 12.2 Å². The van der Waals surface area contributed by atoms with Crippen LogP contribution in [0.25, 0.3) is 10.9 Å². The molecule has 1 aromatic carbocycles. The van der Waals surface area contributed by atoms with Gasteiger partial charge in [-0.2, -0.15) is 5.26 Å². The molecule has 20 heavy (non-hydrogen) atoms. The maximum absolute atomic E-state index is 9.15. The summed E-state index contributed by atoms with van der Waals surface area (Å²) in [6, 6.07) is 13.5. The number of aromatic nitrogens is 2. The van der Waals surface area contributed by atoms with Gasteiger partial charge in [-0.15, -0.1) is 10.2 Å². The van der Waals surface area contributed by atoms with E-state index in [2.05, 4.69) is 21.6 Å². The average molecular weight is 264 g/mol. The first-order chi connectivity index (χ1) is 9.88. The average Bonchev–Trinajstić information content (AvgIpc) is 3.00. The van der Waals surface area contributed by atoms with Gasteiger partial charge in [0.15, 0.2) is 5.69 Å². The molecule has 1 N–H and O–H groups in total. The monoisotopic (exact) mass is 264 g/mol. The Labute approximate surface area is 115 Å². The first-order valence-electron chi connectivity index (χ1n) is 6.30. The number of hydrogen-bond acceptors (Lipinski definition) is 5. The molecular formula is C15H12N4O. The molecule has 0 bridgehead atoms. The summed E-state index contributed by atoms with van der Waals surface area (Å²) < 4.78 is 5.28. The molecule has 0 aliphatic carbocycles. The highest BCUT2D eigenvalue weighted by molar-refractivity contribution is 5.92. The Hall–Kier alpha value is -2.87. The van der Waals surface area contributed by atoms with Gasteiger partial charge in [0.25, 0.3) is 0 Å². The fourth-order valence-electron chi connectivity index (χ4n) is 2.08. The molecule has 0 saturated heterocycles. The van der Waals surface area contributed by atoms with Crippen molar-refractivity contribution in [2.45, 2.75) is 6.42 Å². The van der Waals surface area contributed by atoms with Crippen molar-refractivity contribution in [2.24, 2.45) is 0 Å². The lowest BCUT2D eigenvalue weighted by molar-refractivity contribution is 0.513. The van der Waals surface area contributed by atoms with Gasteiger partial charge in [-0.3, -0.25) is 0 Å². The number of nitrogens with zero attached hydrogens (tertiary/aromatic N) is 3. The number of furan rings is 1. The van der Waals surface area contributed by atoms with Crippen molar-refractivity contribution in [3.8, 4) is 6.07 Å². The van der Waals surface area contributed by atoms with Crippen LogP contribution in [-0.4, -0.2) is 16.7 Å². The second kappa shape index (κ2) is 5.41. The number of hydrogen-bond donors (Lipinski definition) is 1. The molecule has 3 rings (SSSR count). The second-order valence-corrected chi connectivity index (χ2v) is 4.31. The highest BCUT2D eigenvalue weighted by atomic mass is 16.3. The lowest BCUT2D eigenvalue weighted by Gasteiger charge is -2.09. The van der Waals surface area contributed by atoms with Gasteiger partial charge in [0, 0.05) is 18.4 Å². The first kappa shape index (κ1) is 12.2. The maximum Gasteiger partial charge on any atom is 0.186 e. The van der Waals surface area contributed by atoms with Crippen molar-refractivity contribution < 1.29 is 4.42 Å². The Kier molecular flexibility index (Phi) is 3.29. The van der Waals surface area contributed by atoms with Crippen LogP contribution in [0.5, 0.6) is 0 Å². The predicted molar refractivity (Wildman–Crippen MR) is 75.2 cm³/mol. The molecule has 2 heterocycles. The Balaban J connectivity index is 1.87. The van der Waals surface area contributed by atoms with Gasteiger partial charge in [-0.1, -0.05) is 18.2 Å². The topological polar surface area (TPSA) is 74.7 Å². The minimum Gasteiger partial charge on any atom is -0.469 e. The number of fused-ring (bicyclic) bond motifs is 1. The van der Waals surface area contributed by atoms with E-state index in [4.69, 9.17) is 9.68 Å². The van der Waals surface area contributed by atoms with E-state index in [9.17, 15) is 0 Å². The summed E-state index contributed by atoms with van der Waals surface area (Å²) in [6.07, 6.45) is 2.40. The van der Waals surface area contributed by atoms with Crippen molar-refractivity contribution in [1.29, 1.82) is 5.26 Å². The Morgan fingerprint density at radius 1 is 1.15 bits per heavy atom. The highest BCUT2D eigenvalue weighted by Gasteiger charge is 2.09. The second-order valence-electron chi connectivity index (χ2n) is 4.31. The van der Waals surface area contributed by atoms with Crippen molar-refractivity contribution in [1.82, 2.24) is 10.2 Å². The van der Waals surface area contributed by atoms with Crippen molar-refractivity contribution in [3.63, 3.8) is 0 Å². The van der Waals surface area contributed by atoms with Crippen molar-refractivity contribution in [3.05, 3.63) is 54.1 Å². The smallest absolute Gasteiger partial charge is 0.186 e. The van der Waals surface area contributed by atoms with Crippen LogP contribution in [0.2, 0.25) is 0 Å². The molecule has 0 amide bonds.